The van der Waals surface area contributed by atoms with Crippen LogP contribution < -0.4 is 10.6 Å². The van der Waals surface area contributed by atoms with E-state index in [2.05, 4.69) is 25.8 Å². The van der Waals surface area contributed by atoms with E-state index in [0.29, 0.717) is 11.3 Å². The molecule has 0 bridgehead atoms. The smallest absolute Gasteiger partial charge is 0.325 e. The van der Waals surface area contributed by atoms with Gasteiger partial charge in [-0.05, 0) is 35.9 Å². The van der Waals surface area contributed by atoms with Gasteiger partial charge in [-0.25, -0.2) is 14.2 Å². The fourth-order valence-electron chi connectivity index (χ4n) is 3.64. The fourth-order valence-corrected chi connectivity index (χ4v) is 3.64. The van der Waals surface area contributed by atoms with E-state index in [0.717, 1.165) is 22.5 Å². The summed E-state index contributed by atoms with van der Waals surface area (Å²) in [5, 5.41) is 8.90. The van der Waals surface area contributed by atoms with Crippen LogP contribution in [-0.4, -0.2) is 25.6 Å². The lowest BCUT2D eigenvalue weighted by molar-refractivity contribution is 0.261. The number of carbonyl (C=O) groups is 1. The van der Waals surface area contributed by atoms with E-state index in [4.69, 9.17) is 4.52 Å². The molecule has 2 N–H and O–H groups in total. The maximum Gasteiger partial charge on any atom is 0.325 e. The maximum atomic E-state index is 14.9. The van der Waals surface area contributed by atoms with Crippen molar-refractivity contribution in [1.82, 2.24) is 19.5 Å². The van der Waals surface area contributed by atoms with Crippen molar-refractivity contribution in [3.63, 3.8) is 0 Å². The fraction of sp³-hybridized carbons (Fsp3) is 0.154. The van der Waals surface area contributed by atoms with Crippen molar-refractivity contribution in [3.8, 4) is 22.4 Å². The van der Waals surface area contributed by atoms with E-state index in [1.165, 1.54) is 12.1 Å². The number of benzene rings is 1. The molecule has 35 heavy (non-hydrogen) atoms. The Morgan fingerprint density at radius 2 is 1.86 bits per heavy atom. The minimum absolute atomic E-state index is 0.0403. The summed E-state index contributed by atoms with van der Waals surface area (Å²) in [5.74, 6) is 0.305. The third kappa shape index (κ3) is 4.61. The Morgan fingerprint density at radius 1 is 1.00 bits per heavy atom. The minimum atomic E-state index is -0.622. The lowest BCUT2D eigenvalue weighted by Crippen LogP contribution is -2.20. The number of carbonyl (C=O) groups excluding carboxylic acids is 1. The normalized spacial score (nSPS) is 11.5. The van der Waals surface area contributed by atoms with Gasteiger partial charge < -0.3 is 9.84 Å². The molecule has 0 radical (unpaired) electrons. The lowest BCUT2D eigenvalue weighted by atomic mass is 9.93. The molecule has 0 aliphatic heterocycles. The average Bonchev–Trinajstić information content (AvgIpc) is 3.48. The monoisotopic (exact) mass is 470 g/mol. The molecule has 0 fully saturated rings. The molecule has 8 nitrogen and oxygen atoms in total. The predicted molar refractivity (Wildman–Crippen MR) is 132 cm³/mol. The first-order valence-electron chi connectivity index (χ1n) is 11.0. The summed E-state index contributed by atoms with van der Waals surface area (Å²) in [6, 6.07) is 13.4. The number of halogens is 1. The van der Waals surface area contributed by atoms with Crippen LogP contribution in [0.1, 0.15) is 26.5 Å². The summed E-state index contributed by atoms with van der Waals surface area (Å²) in [6.07, 6.45) is 7.10. The van der Waals surface area contributed by atoms with Crippen LogP contribution in [0.3, 0.4) is 0 Å². The van der Waals surface area contributed by atoms with E-state index >= 15 is 0 Å². The van der Waals surface area contributed by atoms with E-state index in [1.54, 1.807) is 30.7 Å². The number of nitrogens with zero attached hydrogens (tertiary/aromatic N) is 4. The second-order valence-corrected chi connectivity index (χ2v) is 9.13. The molecule has 0 unspecified atom stereocenters. The molecule has 5 rings (SSSR count). The Morgan fingerprint density at radius 3 is 2.57 bits per heavy atom. The topological polar surface area (TPSA) is 97.3 Å². The largest absolute Gasteiger partial charge is 0.359 e. The van der Waals surface area contributed by atoms with Gasteiger partial charge >= 0.3 is 6.03 Å². The highest BCUT2D eigenvalue weighted by Gasteiger charge is 2.20. The van der Waals surface area contributed by atoms with Crippen LogP contribution >= 0.6 is 0 Å². The number of nitrogens with one attached hydrogen (secondary N) is 2. The van der Waals surface area contributed by atoms with Crippen molar-refractivity contribution in [1.29, 1.82) is 0 Å². The Kier molecular flexibility index (Phi) is 5.52. The Balaban J connectivity index is 1.33. The number of aromatic nitrogens is 4. The Labute approximate surface area is 200 Å². The molecule has 0 atom stereocenters. The molecule has 0 spiro atoms. The summed E-state index contributed by atoms with van der Waals surface area (Å²) in [4.78, 5) is 21.0. The zero-order chi connectivity index (χ0) is 24.6. The molecule has 0 aliphatic rings. The van der Waals surface area contributed by atoms with Crippen molar-refractivity contribution < 1.29 is 13.7 Å². The summed E-state index contributed by atoms with van der Waals surface area (Å²) in [6.45, 7) is 5.91. The number of pyridine rings is 2. The Hall–Kier alpha value is -4.53. The van der Waals surface area contributed by atoms with Gasteiger partial charge in [-0.15, -0.1) is 0 Å². The summed E-state index contributed by atoms with van der Waals surface area (Å²) >= 11 is 0. The summed E-state index contributed by atoms with van der Waals surface area (Å²) in [5.41, 5.74) is 3.85. The van der Waals surface area contributed by atoms with Crippen molar-refractivity contribution in [2.24, 2.45) is 0 Å². The van der Waals surface area contributed by atoms with Gasteiger partial charge in [0.15, 0.2) is 5.82 Å². The van der Waals surface area contributed by atoms with E-state index in [1.807, 2.05) is 55.6 Å². The van der Waals surface area contributed by atoms with Gasteiger partial charge in [0, 0.05) is 41.2 Å². The van der Waals surface area contributed by atoms with Crippen LogP contribution in [0.2, 0.25) is 0 Å². The number of imidazole rings is 1. The molecule has 0 saturated heterocycles. The van der Waals surface area contributed by atoms with E-state index in [9.17, 15) is 9.18 Å². The molecule has 9 heteroatoms. The van der Waals surface area contributed by atoms with Crippen molar-refractivity contribution in [3.05, 3.63) is 84.9 Å². The molecule has 0 aliphatic carbocycles. The van der Waals surface area contributed by atoms with Crippen molar-refractivity contribution >= 4 is 23.2 Å². The van der Waals surface area contributed by atoms with E-state index < -0.39 is 11.8 Å². The highest BCUT2D eigenvalue weighted by molar-refractivity contribution is 5.99. The summed E-state index contributed by atoms with van der Waals surface area (Å²) in [7, 11) is 0. The quantitative estimate of drug-likeness (QED) is 0.329. The minimum Gasteiger partial charge on any atom is -0.359 e. The SMILES string of the molecule is CC(C)(C)c1cc(NC(=O)Nc2ccc(-c3cnc4cc(-c5cccnc5)ccn34)cc2F)no1. The van der Waals surface area contributed by atoms with Crippen LogP contribution in [0.5, 0.6) is 0 Å². The zero-order valence-electron chi connectivity index (χ0n) is 19.4. The first kappa shape index (κ1) is 22.3. The van der Waals surface area contributed by atoms with Gasteiger partial charge in [-0.1, -0.05) is 38.1 Å². The molecular formula is C26H23FN6O2. The molecule has 2 amide bonds. The highest BCUT2D eigenvalue weighted by Crippen LogP contribution is 2.28. The van der Waals surface area contributed by atoms with Gasteiger partial charge in [-0.3, -0.25) is 14.7 Å². The van der Waals surface area contributed by atoms with Crippen LogP contribution in [0.4, 0.5) is 20.7 Å². The van der Waals surface area contributed by atoms with E-state index in [-0.39, 0.29) is 16.9 Å². The van der Waals surface area contributed by atoms with Crippen LogP contribution in [0, 0.1) is 5.82 Å². The summed E-state index contributed by atoms with van der Waals surface area (Å²) < 4.78 is 22.0. The molecule has 4 heterocycles. The standard InChI is InChI=1S/C26H23FN6O2/c1-26(2,3)22-13-23(32-35-22)31-25(34)30-20-7-6-17(11-19(20)27)21-15-29-24-12-16(8-10-33(21)24)18-5-4-9-28-14-18/h4-15H,1-3H3,(H2,30,31,32,34). The number of rotatable bonds is 4. The number of amides is 2. The third-order valence-corrected chi connectivity index (χ3v) is 5.51. The average molecular weight is 471 g/mol. The number of hydrogen-bond donors (Lipinski definition) is 2. The first-order valence-corrected chi connectivity index (χ1v) is 11.0. The second kappa shape index (κ2) is 8.68. The second-order valence-electron chi connectivity index (χ2n) is 9.13. The number of anilines is 2. The lowest BCUT2D eigenvalue weighted by Gasteiger charge is -2.12. The van der Waals surface area contributed by atoms with Gasteiger partial charge in [0.25, 0.3) is 0 Å². The van der Waals surface area contributed by atoms with Crippen LogP contribution in [-0.2, 0) is 5.41 Å². The predicted octanol–water partition coefficient (Wildman–Crippen LogP) is 6.13. The number of urea groups is 1. The molecule has 0 saturated carbocycles. The van der Waals surface area contributed by atoms with Gasteiger partial charge in [0.2, 0.25) is 0 Å². The van der Waals surface area contributed by atoms with Crippen molar-refractivity contribution in [2.45, 2.75) is 26.2 Å². The molecule has 4 aromatic heterocycles. The molecule has 5 aromatic rings. The van der Waals surface area contributed by atoms with Crippen molar-refractivity contribution in [2.75, 3.05) is 10.6 Å². The highest BCUT2D eigenvalue weighted by atomic mass is 19.1. The number of fused-ring (bicyclic) bond motifs is 1. The molecule has 176 valence electrons. The number of hydrogen-bond acceptors (Lipinski definition) is 5. The zero-order valence-corrected chi connectivity index (χ0v) is 19.4. The van der Waals surface area contributed by atoms with Gasteiger partial charge in [0.05, 0.1) is 17.6 Å². The molecular weight excluding hydrogens is 447 g/mol. The third-order valence-electron chi connectivity index (χ3n) is 5.51. The van der Waals surface area contributed by atoms with Gasteiger partial charge in [-0.2, -0.15) is 0 Å². The maximum absolute atomic E-state index is 14.9. The first-order chi connectivity index (χ1) is 16.8. The Bertz CT molecular complexity index is 1520. The van der Waals surface area contributed by atoms with Gasteiger partial charge in [0.1, 0.15) is 17.2 Å². The van der Waals surface area contributed by atoms with Crippen LogP contribution in [0.15, 0.2) is 77.8 Å². The molecule has 1 aromatic carbocycles. The van der Waals surface area contributed by atoms with Crippen LogP contribution in [0.25, 0.3) is 28.0 Å².